The molecule has 1 aliphatic rings. The summed E-state index contributed by atoms with van der Waals surface area (Å²) >= 11 is 0. The third kappa shape index (κ3) is 2.81. The maximum atomic E-state index is 10.8. The van der Waals surface area contributed by atoms with Gasteiger partial charge in [-0.05, 0) is 38.8 Å². The lowest BCUT2D eigenvalue weighted by molar-refractivity contribution is -0.119. The molecule has 70 valence electrons. The molecule has 1 fully saturated rings. The highest BCUT2D eigenvalue weighted by Gasteiger charge is 2.19. The summed E-state index contributed by atoms with van der Waals surface area (Å²) in [6, 6.07) is 0.315. The number of carbonyl (C=O) groups is 1. The van der Waals surface area contributed by atoms with Gasteiger partial charge in [0.1, 0.15) is 0 Å². The van der Waals surface area contributed by atoms with Crippen molar-refractivity contribution >= 4 is 5.91 Å². The van der Waals surface area contributed by atoms with E-state index in [4.69, 9.17) is 0 Å². The summed E-state index contributed by atoms with van der Waals surface area (Å²) in [5.41, 5.74) is 0. The zero-order valence-corrected chi connectivity index (χ0v) is 7.89. The average Bonchev–Trinajstić information content (AvgIpc) is 2.05. The Hall–Kier alpha value is -0.570. The fraction of sp³-hybridized carbons (Fsp3) is 0.889. The van der Waals surface area contributed by atoms with Crippen LogP contribution in [-0.2, 0) is 4.79 Å². The topological polar surface area (TPSA) is 41.1 Å². The number of amides is 1. The van der Waals surface area contributed by atoms with Gasteiger partial charge < -0.3 is 10.6 Å². The number of hydrogen-bond donors (Lipinski definition) is 2. The van der Waals surface area contributed by atoms with Crippen molar-refractivity contribution in [1.82, 2.24) is 10.6 Å². The maximum Gasteiger partial charge on any atom is 0.217 e. The van der Waals surface area contributed by atoms with Crippen molar-refractivity contribution in [3.05, 3.63) is 0 Å². The van der Waals surface area contributed by atoms with Crippen molar-refractivity contribution in [2.75, 3.05) is 13.1 Å². The Kier molecular flexibility index (Phi) is 3.53. The Balaban J connectivity index is 2.29. The molecule has 1 amide bonds. The van der Waals surface area contributed by atoms with E-state index in [0.29, 0.717) is 12.0 Å². The van der Waals surface area contributed by atoms with Crippen LogP contribution in [0.3, 0.4) is 0 Å². The van der Waals surface area contributed by atoms with Gasteiger partial charge in [-0.3, -0.25) is 4.79 Å². The molecule has 12 heavy (non-hydrogen) atoms. The Morgan fingerprint density at radius 3 is 2.92 bits per heavy atom. The SMILES string of the molecule is CC(=O)NC(C)C1CCCNC1. The van der Waals surface area contributed by atoms with E-state index in [9.17, 15) is 4.79 Å². The van der Waals surface area contributed by atoms with E-state index in [1.807, 2.05) is 0 Å². The number of hydrogen-bond acceptors (Lipinski definition) is 2. The van der Waals surface area contributed by atoms with Crippen LogP contribution < -0.4 is 10.6 Å². The molecule has 0 radical (unpaired) electrons. The van der Waals surface area contributed by atoms with Gasteiger partial charge in [0, 0.05) is 13.0 Å². The smallest absolute Gasteiger partial charge is 0.217 e. The minimum Gasteiger partial charge on any atom is -0.354 e. The van der Waals surface area contributed by atoms with Gasteiger partial charge in [0.05, 0.1) is 0 Å². The molecule has 0 aromatic carbocycles. The van der Waals surface area contributed by atoms with Crippen LogP contribution in [0.25, 0.3) is 0 Å². The Bertz CT molecular complexity index is 153. The summed E-state index contributed by atoms with van der Waals surface area (Å²) < 4.78 is 0. The predicted molar refractivity (Wildman–Crippen MR) is 48.9 cm³/mol. The van der Waals surface area contributed by atoms with E-state index in [1.54, 1.807) is 6.92 Å². The monoisotopic (exact) mass is 170 g/mol. The molecule has 0 aromatic heterocycles. The second-order valence-electron chi connectivity index (χ2n) is 3.60. The fourth-order valence-corrected chi connectivity index (χ4v) is 1.74. The molecule has 1 aliphatic heterocycles. The summed E-state index contributed by atoms with van der Waals surface area (Å²) in [4.78, 5) is 10.8. The zero-order chi connectivity index (χ0) is 8.97. The van der Waals surface area contributed by atoms with E-state index < -0.39 is 0 Å². The molecule has 1 heterocycles. The fourth-order valence-electron chi connectivity index (χ4n) is 1.74. The van der Waals surface area contributed by atoms with Gasteiger partial charge in [0.2, 0.25) is 5.91 Å². The lowest BCUT2D eigenvalue weighted by atomic mass is 9.93. The number of piperidine rings is 1. The van der Waals surface area contributed by atoms with E-state index in [1.165, 1.54) is 12.8 Å². The summed E-state index contributed by atoms with van der Waals surface area (Å²) in [7, 11) is 0. The molecule has 1 rings (SSSR count). The Labute approximate surface area is 73.9 Å². The third-order valence-corrected chi connectivity index (χ3v) is 2.47. The van der Waals surface area contributed by atoms with Crippen LogP contribution in [0.2, 0.25) is 0 Å². The normalized spacial score (nSPS) is 26.3. The molecule has 1 saturated heterocycles. The van der Waals surface area contributed by atoms with Crippen molar-refractivity contribution < 1.29 is 4.79 Å². The van der Waals surface area contributed by atoms with Crippen LogP contribution in [0.15, 0.2) is 0 Å². The molecule has 3 heteroatoms. The average molecular weight is 170 g/mol. The van der Waals surface area contributed by atoms with Gasteiger partial charge >= 0.3 is 0 Å². The van der Waals surface area contributed by atoms with E-state index in [-0.39, 0.29) is 5.91 Å². The first-order valence-electron chi connectivity index (χ1n) is 4.68. The van der Waals surface area contributed by atoms with Crippen LogP contribution in [-0.4, -0.2) is 25.0 Å². The first kappa shape index (κ1) is 9.52. The van der Waals surface area contributed by atoms with Crippen molar-refractivity contribution in [2.24, 2.45) is 5.92 Å². The summed E-state index contributed by atoms with van der Waals surface area (Å²) in [6.45, 7) is 5.83. The number of nitrogens with one attached hydrogen (secondary N) is 2. The maximum absolute atomic E-state index is 10.8. The minimum atomic E-state index is 0.0769. The second kappa shape index (κ2) is 4.45. The van der Waals surface area contributed by atoms with Gasteiger partial charge in [-0.2, -0.15) is 0 Å². The van der Waals surface area contributed by atoms with Gasteiger partial charge in [0.15, 0.2) is 0 Å². The largest absolute Gasteiger partial charge is 0.354 e. The second-order valence-corrected chi connectivity index (χ2v) is 3.60. The molecule has 0 saturated carbocycles. The molecular weight excluding hydrogens is 152 g/mol. The van der Waals surface area contributed by atoms with Crippen LogP contribution in [0.4, 0.5) is 0 Å². The van der Waals surface area contributed by atoms with Crippen LogP contribution in [0, 0.1) is 5.92 Å². The van der Waals surface area contributed by atoms with Crippen LogP contribution in [0.5, 0.6) is 0 Å². The molecule has 3 nitrogen and oxygen atoms in total. The van der Waals surface area contributed by atoms with Gasteiger partial charge in [-0.25, -0.2) is 0 Å². The van der Waals surface area contributed by atoms with Gasteiger partial charge in [-0.15, -0.1) is 0 Å². The molecule has 2 unspecified atom stereocenters. The molecule has 0 spiro atoms. The first-order valence-corrected chi connectivity index (χ1v) is 4.68. The molecule has 0 aromatic rings. The highest BCUT2D eigenvalue weighted by molar-refractivity contribution is 5.73. The number of rotatable bonds is 2. The summed E-state index contributed by atoms with van der Waals surface area (Å²) in [5, 5.41) is 6.27. The van der Waals surface area contributed by atoms with E-state index in [2.05, 4.69) is 17.6 Å². The first-order chi connectivity index (χ1) is 5.70. The van der Waals surface area contributed by atoms with Crippen molar-refractivity contribution in [1.29, 1.82) is 0 Å². The zero-order valence-electron chi connectivity index (χ0n) is 7.89. The lowest BCUT2D eigenvalue weighted by Crippen LogP contribution is -2.43. The highest BCUT2D eigenvalue weighted by Crippen LogP contribution is 2.13. The highest BCUT2D eigenvalue weighted by atomic mass is 16.1. The third-order valence-electron chi connectivity index (χ3n) is 2.47. The molecule has 0 bridgehead atoms. The predicted octanol–water partition coefficient (Wildman–Crippen LogP) is 0.511. The quantitative estimate of drug-likeness (QED) is 0.634. The Morgan fingerprint density at radius 1 is 1.67 bits per heavy atom. The standard InChI is InChI=1S/C9H18N2O/c1-7(11-8(2)12)9-4-3-5-10-6-9/h7,9-10H,3-6H2,1-2H3,(H,11,12). The molecule has 0 aliphatic carbocycles. The van der Waals surface area contributed by atoms with E-state index >= 15 is 0 Å². The summed E-state index contributed by atoms with van der Waals surface area (Å²) in [5.74, 6) is 0.690. The molecular formula is C9H18N2O. The minimum absolute atomic E-state index is 0.0769. The van der Waals surface area contributed by atoms with Crippen LogP contribution in [0.1, 0.15) is 26.7 Å². The Morgan fingerprint density at radius 2 is 2.42 bits per heavy atom. The van der Waals surface area contributed by atoms with Crippen molar-refractivity contribution in [3.8, 4) is 0 Å². The molecule has 2 N–H and O–H groups in total. The van der Waals surface area contributed by atoms with Gasteiger partial charge in [-0.1, -0.05) is 0 Å². The van der Waals surface area contributed by atoms with Gasteiger partial charge in [0.25, 0.3) is 0 Å². The van der Waals surface area contributed by atoms with Crippen molar-refractivity contribution in [3.63, 3.8) is 0 Å². The molecule has 2 atom stereocenters. The van der Waals surface area contributed by atoms with Crippen molar-refractivity contribution in [2.45, 2.75) is 32.7 Å². The van der Waals surface area contributed by atoms with E-state index in [0.717, 1.165) is 13.1 Å². The lowest BCUT2D eigenvalue weighted by Gasteiger charge is -2.28. The summed E-state index contributed by atoms with van der Waals surface area (Å²) in [6.07, 6.45) is 2.46. The number of carbonyl (C=O) groups excluding carboxylic acids is 1. The van der Waals surface area contributed by atoms with Crippen LogP contribution >= 0.6 is 0 Å².